The third kappa shape index (κ3) is 2.76. The Morgan fingerprint density at radius 2 is 2.13 bits per heavy atom. The molecule has 0 saturated heterocycles. The fraction of sp³-hybridized carbons (Fsp3) is 0.100. The van der Waals surface area contributed by atoms with Crippen molar-refractivity contribution in [1.82, 2.24) is 15.0 Å². The Labute approximate surface area is 101 Å². The monoisotopic (exact) mass is 281 g/mol. The van der Waals surface area contributed by atoms with Crippen molar-refractivity contribution in [3.63, 3.8) is 0 Å². The van der Waals surface area contributed by atoms with E-state index in [1.165, 1.54) is 18.1 Å². The summed E-state index contributed by atoms with van der Waals surface area (Å²) in [6.07, 6.45) is 3.32. The first-order valence-electron chi connectivity index (χ1n) is 4.33. The molecule has 0 unspecified atom stereocenters. The van der Waals surface area contributed by atoms with Crippen LogP contribution in [0, 0.1) is 6.92 Å². The van der Waals surface area contributed by atoms with Crippen molar-refractivity contribution in [2.24, 2.45) is 0 Å². The molecule has 0 N–H and O–H groups in total. The molecule has 15 heavy (non-hydrogen) atoms. The van der Waals surface area contributed by atoms with E-state index in [9.17, 15) is 0 Å². The lowest BCUT2D eigenvalue weighted by Gasteiger charge is -2.02. The SMILES string of the molecule is Cc1cccnc1Sc1cc(Br)ncn1. The molecule has 5 heteroatoms. The molecule has 0 fully saturated rings. The molecule has 0 aliphatic heterocycles. The van der Waals surface area contributed by atoms with Crippen molar-refractivity contribution in [2.45, 2.75) is 17.0 Å². The maximum atomic E-state index is 4.29. The Hall–Kier alpha value is -0.940. The zero-order valence-corrected chi connectivity index (χ0v) is 10.4. The predicted octanol–water partition coefficient (Wildman–Crippen LogP) is 3.09. The van der Waals surface area contributed by atoms with Gasteiger partial charge in [0.1, 0.15) is 21.0 Å². The third-order valence-electron chi connectivity index (χ3n) is 1.77. The molecule has 0 radical (unpaired) electrons. The highest BCUT2D eigenvalue weighted by molar-refractivity contribution is 9.10. The van der Waals surface area contributed by atoms with Gasteiger partial charge in [-0.05, 0) is 46.2 Å². The van der Waals surface area contributed by atoms with Gasteiger partial charge in [-0.3, -0.25) is 0 Å². The number of nitrogens with zero attached hydrogens (tertiary/aromatic N) is 3. The van der Waals surface area contributed by atoms with Crippen molar-refractivity contribution < 1.29 is 0 Å². The van der Waals surface area contributed by atoms with Gasteiger partial charge in [0.15, 0.2) is 0 Å². The minimum absolute atomic E-state index is 0.786. The summed E-state index contributed by atoms with van der Waals surface area (Å²) in [6, 6.07) is 5.83. The topological polar surface area (TPSA) is 38.7 Å². The van der Waals surface area contributed by atoms with E-state index in [-0.39, 0.29) is 0 Å². The summed E-state index contributed by atoms with van der Waals surface area (Å²) < 4.78 is 0.786. The van der Waals surface area contributed by atoms with Gasteiger partial charge in [0.2, 0.25) is 0 Å². The number of rotatable bonds is 2. The lowest BCUT2D eigenvalue weighted by atomic mass is 10.3. The van der Waals surface area contributed by atoms with Gasteiger partial charge in [0, 0.05) is 12.3 Å². The zero-order chi connectivity index (χ0) is 10.7. The predicted molar refractivity (Wildman–Crippen MR) is 62.8 cm³/mol. The molecule has 3 nitrogen and oxygen atoms in total. The van der Waals surface area contributed by atoms with Crippen LogP contribution in [0.3, 0.4) is 0 Å². The molecule has 2 rings (SSSR count). The highest BCUT2D eigenvalue weighted by Crippen LogP contribution is 2.27. The molecule has 2 heterocycles. The van der Waals surface area contributed by atoms with Gasteiger partial charge >= 0.3 is 0 Å². The van der Waals surface area contributed by atoms with Crippen molar-refractivity contribution in [1.29, 1.82) is 0 Å². The fourth-order valence-corrected chi connectivity index (χ4v) is 2.32. The summed E-state index contributed by atoms with van der Waals surface area (Å²) in [7, 11) is 0. The molecule has 0 spiro atoms. The second-order valence-electron chi connectivity index (χ2n) is 2.91. The first-order valence-corrected chi connectivity index (χ1v) is 5.93. The van der Waals surface area contributed by atoms with E-state index in [1.807, 2.05) is 25.1 Å². The quantitative estimate of drug-likeness (QED) is 0.793. The first-order chi connectivity index (χ1) is 7.25. The average Bonchev–Trinajstić information content (AvgIpc) is 2.22. The van der Waals surface area contributed by atoms with Crippen LogP contribution in [0.4, 0.5) is 0 Å². The van der Waals surface area contributed by atoms with Crippen LogP contribution in [-0.2, 0) is 0 Å². The van der Waals surface area contributed by atoms with Gasteiger partial charge in [-0.15, -0.1) is 0 Å². The van der Waals surface area contributed by atoms with E-state index in [1.54, 1.807) is 6.20 Å². The number of halogens is 1. The van der Waals surface area contributed by atoms with E-state index in [0.29, 0.717) is 0 Å². The van der Waals surface area contributed by atoms with Crippen molar-refractivity contribution in [3.05, 3.63) is 40.9 Å². The summed E-state index contributed by atoms with van der Waals surface area (Å²) >= 11 is 4.85. The Morgan fingerprint density at radius 1 is 1.27 bits per heavy atom. The Balaban J connectivity index is 2.26. The largest absolute Gasteiger partial charge is 0.249 e. The van der Waals surface area contributed by atoms with Crippen molar-refractivity contribution in [2.75, 3.05) is 0 Å². The van der Waals surface area contributed by atoms with Crippen LogP contribution < -0.4 is 0 Å². The number of hydrogen-bond acceptors (Lipinski definition) is 4. The van der Waals surface area contributed by atoms with Crippen LogP contribution in [0.5, 0.6) is 0 Å². The van der Waals surface area contributed by atoms with Gasteiger partial charge in [0.25, 0.3) is 0 Å². The van der Waals surface area contributed by atoms with Crippen LogP contribution in [0.15, 0.2) is 45.4 Å². The summed E-state index contributed by atoms with van der Waals surface area (Å²) in [4.78, 5) is 12.4. The van der Waals surface area contributed by atoms with Gasteiger partial charge in [0.05, 0.1) is 0 Å². The minimum atomic E-state index is 0.786. The summed E-state index contributed by atoms with van der Waals surface area (Å²) in [5.41, 5.74) is 1.15. The molecule has 0 aliphatic rings. The molecule has 2 aromatic rings. The molecule has 2 aromatic heterocycles. The highest BCUT2D eigenvalue weighted by atomic mass is 79.9. The van der Waals surface area contributed by atoms with E-state index in [0.717, 1.165) is 20.2 Å². The Kier molecular flexibility index (Phi) is 3.33. The molecular weight excluding hydrogens is 274 g/mol. The highest BCUT2D eigenvalue weighted by Gasteiger charge is 2.03. The van der Waals surface area contributed by atoms with E-state index in [2.05, 4.69) is 30.9 Å². The smallest absolute Gasteiger partial charge is 0.118 e. The second kappa shape index (κ2) is 4.72. The van der Waals surface area contributed by atoms with Crippen molar-refractivity contribution in [3.8, 4) is 0 Å². The van der Waals surface area contributed by atoms with Gasteiger partial charge in [-0.25, -0.2) is 15.0 Å². The maximum Gasteiger partial charge on any atom is 0.118 e. The number of pyridine rings is 1. The normalized spacial score (nSPS) is 10.3. The summed E-state index contributed by atoms with van der Waals surface area (Å²) in [6.45, 7) is 2.03. The molecule has 0 aliphatic carbocycles. The third-order valence-corrected chi connectivity index (χ3v) is 3.26. The number of aryl methyl sites for hydroxylation is 1. The summed E-state index contributed by atoms with van der Waals surface area (Å²) in [5.74, 6) is 0. The van der Waals surface area contributed by atoms with Gasteiger partial charge in [-0.2, -0.15) is 0 Å². The number of hydrogen-bond donors (Lipinski definition) is 0. The fourth-order valence-electron chi connectivity index (χ4n) is 1.05. The Bertz CT molecular complexity index is 476. The lowest BCUT2D eigenvalue weighted by molar-refractivity contribution is 1.01. The van der Waals surface area contributed by atoms with E-state index in [4.69, 9.17) is 0 Å². The zero-order valence-electron chi connectivity index (χ0n) is 8.01. The maximum absolute atomic E-state index is 4.29. The molecule has 0 aromatic carbocycles. The van der Waals surface area contributed by atoms with Gasteiger partial charge in [-0.1, -0.05) is 6.07 Å². The van der Waals surface area contributed by atoms with Crippen LogP contribution in [0.1, 0.15) is 5.56 Å². The van der Waals surface area contributed by atoms with E-state index < -0.39 is 0 Å². The molecule has 0 atom stereocenters. The number of aromatic nitrogens is 3. The average molecular weight is 282 g/mol. The van der Waals surface area contributed by atoms with E-state index >= 15 is 0 Å². The molecule has 76 valence electrons. The Morgan fingerprint density at radius 3 is 2.87 bits per heavy atom. The van der Waals surface area contributed by atoms with Gasteiger partial charge < -0.3 is 0 Å². The van der Waals surface area contributed by atoms with Crippen LogP contribution in [0.25, 0.3) is 0 Å². The van der Waals surface area contributed by atoms with Crippen molar-refractivity contribution >= 4 is 27.7 Å². The van der Waals surface area contributed by atoms with Crippen LogP contribution in [0.2, 0.25) is 0 Å². The minimum Gasteiger partial charge on any atom is -0.249 e. The van der Waals surface area contributed by atoms with Crippen LogP contribution >= 0.6 is 27.7 Å². The summed E-state index contributed by atoms with van der Waals surface area (Å²) in [5, 5.41) is 1.86. The van der Waals surface area contributed by atoms with Crippen LogP contribution in [-0.4, -0.2) is 15.0 Å². The standard InChI is InChI=1S/C10H8BrN3S/c1-7-3-2-4-12-10(7)15-9-5-8(11)13-6-14-9/h2-6H,1H3. The second-order valence-corrected chi connectivity index (χ2v) is 4.73. The molecule has 0 bridgehead atoms. The lowest BCUT2D eigenvalue weighted by Crippen LogP contribution is -1.87. The first kappa shape index (κ1) is 10.6. The molecule has 0 amide bonds. The molecular formula is C10H8BrN3S. The molecule has 0 saturated carbocycles.